The molecule has 0 fully saturated rings. The Kier molecular flexibility index (Phi) is 5.84. The zero-order chi connectivity index (χ0) is 22.6. The SMILES string of the molecule is O=C(Nc1ccc2c(c1)B(O)OC2)[C@H](Cc1ccccc1)Nc1nnc(-c2ccncc2)o1. The summed E-state index contributed by atoms with van der Waals surface area (Å²) < 4.78 is 10.9. The second-order valence-corrected chi connectivity index (χ2v) is 7.60. The van der Waals surface area contributed by atoms with Crippen molar-refractivity contribution in [1.82, 2.24) is 15.2 Å². The van der Waals surface area contributed by atoms with Gasteiger partial charge in [0.05, 0.1) is 6.61 Å². The van der Waals surface area contributed by atoms with Crippen LogP contribution in [-0.4, -0.2) is 39.3 Å². The first-order valence-electron chi connectivity index (χ1n) is 10.4. The molecule has 3 heterocycles. The molecule has 4 aromatic rings. The molecule has 0 bridgehead atoms. The highest BCUT2D eigenvalue weighted by atomic mass is 16.5. The number of benzene rings is 2. The minimum absolute atomic E-state index is 0.135. The quantitative estimate of drug-likeness (QED) is 0.373. The van der Waals surface area contributed by atoms with Gasteiger partial charge in [-0.2, -0.15) is 0 Å². The second kappa shape index (κ2) is 9.23. The molecule has 1 atom stereocenters. The van der Waals surface area contributed by atoms with Crippen molar-refractivity contribution in [2.75, 3.05) is 10.6 Å². The van der Waals surface area contributed by atoms with Crippen LogP contribution in [0.4, 0.5) is 11.7 Å². The Morgan fingerprint density at radius 2 is 1.91 bits per heavy atom. The van der Waals surface area contributed by atoms with E-state index < -0.39 is 13.2 Å². The summed E-state index contributed by atoms with van der Waals surface area (Å²) in [6.45, 7) is 0.347. The first kappa shape index (κ1) is 20.9. The fraction of sp³-hybridized carbons (Fsp3) is 0.130. The summed E-state index contributed by atoms with van der Waals surface area (Å²) >= 11 is 0. The van der Waals surface area contributed by atoms with Crippen LogP contribution in [0.5, 0.6) is 0 Å². The number of rotatable bonds is 7. The molecule has 1 amide bonds. The average Bonchev–Trinajstić information content (AvgIpc) is 3.47. The highest BCUT2D eigenvalue weighted by Crippen LogP contribution is 2.20. The zero-order valence-electron chi connectivity index (χ0n) is 17.5. The fourth-order valence-electron chi connectivity index (χ4n) is 3.62. The van der Waals surface area contributed by atoms with Gasteiger partial charge in [0.1, 0.15) is 6.04 Å². The van der Waals surface area contributed by atoms with E-state index >= 15 is 0 Å². The number of fused-ring (bicyclic) bond motifs is 1. The lowest BCUT2D eigenvalue weighted by atomic mass is 9.79. The predicted octanol–water partition coefficient (Wildman–Crippen LogP) is 2.01. The summed E-state index contributed by atoms with van der Waals surface area (Å²) in [7, 11) is -0.986. The molecular weight excluding hydrogens is 421 g/mol. The van der Waals surface area contributed by atoms with Gasteiger partial charge in [-0.3, -0.25) is 9.78 Å². The van der Waals surface area contributed by atoms with Crippen LogP contribution in [0, 0.1) is 0 Å². The Labute approximate surface area is 190 Å². The van der Waals surface area contributed by atoms with Gasteiger partial charge in [0.2, 0.25) is 11.8 Å². The fourth-order valence-corrected chi connectivity index (χ4v) is 3.62. The molecule has 5 rings (SSSR count). The minimum atomic E-state index is -0.986. The molecule has 2 aromatic carbocycles. The van der Waals surface area contributed by atoms with Gasteiger partial charge in [-0.15, -0.1) is 5.10 Å². The third kappa shape index (κ3) is 4.76. The van der Waals surface area contributed by atoms with Crippen LogP contribution in [0.25, 0.3) is 11.5 Å². The van der Waals surface area contributed by atoms with Crippen molar-refractivity contribution in [2.24, 2.45) is 0 Å². The van der Waals surface area contributed by atoms with Gasteiger partial charge in [-0.05, 0) is 40.9 Å². The van der Waals surface area contributed by atoms with Crippen LogP contribution < -0.4 is 16.1 Å². The number of aromatic nitrogens is 3. The Morgan fingerprint density at radius 3 is 2.73 bits per heavy atom. The van der Waals surface area contributed by atoms with Gasteiger partial charge in [-0.1, -0.05) is 41.5 Å². The number of hydrogen-bond acceptors (Lipinski definition) is 8. The van der Waals surface area contributed by atoms with E-state index in [1.807, 2.05) is 36.4 Å². The van der Waals surface area contributed by atoms with Crippen LogP contribution in [0.1, 0.15) is 11.1 Å². The monoisotopic (exact) mass is 441 g/mol. The number of pyridine rings is 1. The molecule has 164 valence electrons. The molecule has 0 radical (unpaired) electrons. The maximum Gasteiger partial charge on any atom is 0.491 e. The molecule has 1 aliphatic heterocycles. The maximum absolute atomic E-state index is 13.2. The Balaban J connectivity index is 1.36. The molecule has 0 unspecified atom stereocenters. The van der Waals surface area contributed by atoms with Crippen LogP contribution in [0.3, 0.4) is 0 Å². The highest BCUT2D eigenvalue weighted by molar-refractivity contribution is 6.61. The van der Waals surface area contributed by atoms with Crippen molar-refractivity contribution in [3.8, 4) is 11.5 Å². The smallest absolute Gasteiger partial charge is 0.423 e. The molecule has 1 aliphatic rings. The number of carbonyl (C=O) groups excluding carboxylic acids is 1. The summed E-state index contributed by atoms with van der Waals surface area (Å²) in [5, 5.41) is 24.0. The topological polar surface area (TPSA) is 122 Å². The van der Waals surface area contributed by atoms with Gasteiger partial charge < -0.3 is 24.7 Å². The van der Waals surface area contributed by atoms with E-state index in [0.29, 0.717) is 30.1 Å². The molecule has 2 aromatic heterocycles. The summed E-state index contributed by atoms with van der Waals surface area (Å²) in [4.78, 5) is 17.2. The van der Waals surface area contributed by atoms with Crippen molar-refractivity contribution in [3.05, 3.63) is 84.2 Å². The van der Waals surface area contributed by atoms with Gasteiger partial charge in [-0.25, -0.2) is 0 Å². The second-order valence-electron chi connectivity index (χ2n) is 7.60. The molecule has 0 saturated carbocycles. The molecule has 3 N–H and O–H groups in total. The summed E-state index contributed by atoms with van der Waals surface area (Å²) in [6, 6.07) is 18.0. The van der Waals surface area contributed by atoms with E-state index in [-0.39, 0.29) is 11.9 Å². The molecule has 33 heavy (non-hydrogen) atoms. The predicted molar refractivity (Wildman–Crippen MR) is 123 cm³/mol. The van der Waals surface area contributed by atoms with E-state index in [4.69, 9.17) is 9.07 Å². The number of anilines is 2. The zero-order valence-corrected chi connectivity index (χ0v) is 17.5. The Bertz CT molecular complexity index is 1250. The van der Waals surface area contributed by atoms with Crippen molar-refractivity contribution in [2.45, 2.75) is 19.1 Å². The number of carbonyl (C=O) groups is 1. The lowest BCUT2D eigenvalue weighted by Crippen LogP contribution is -2.37. The normalized spacial score (nSPS) is 13.4. The van der Waals surface area contributed by atoms with E-state index in [2.05, 4.69) is 25.8 Å². The number of nitrogens with zero attached hydrogens (tertiary/aromatic N) is 3. The van der Waals surface area contributed by atoms with Gasteiger partial charge >= 0.3 is 13.1 Å². The average molecular weight is 441 g/mol. The van der Waals surface area contributed by atoms with Gasteiger partial charge in [0.15, 0.2) is 0 Å². The summed E-state index contributed by atoms with van der Waals surface area (Å²) in [5.74, 6) is 0.0437. The molecule has 0 spiro atoms. The number of nitrogens with one attached hydrogen (secondary N) is 2. The van der Waals surface area contributed by atoms with Crippen LogP contribution >= 0.6 is 0 Å². The third-order valence-electron chi connectivity index (χ3n) is 5.33. The van der Waals surface area contributed by atoms with Gasteiger partial charge in [0, 0.05) is 30.1 Å². The van der Waals surface area contributed by atoms with Crippen LogP contribution in [-0.2, 0) is 22.5 Å². The highest BCUT2D eigenvalue weighted by Gasteiger charge is 2.28. The first-order chi connectivity index (χ1) is 16.2. The van der Waals surface area contributed by atoms with Crippen molar-refractivity contribution < 1.29 is 18.9 Å². The van der Waals surface area contributed by atoms with Crippen molar-refractivity contribution in [1.29, 1.82) is 0 Å². The van der Waals surface area contributed by atoms with E-state index in [0.717, 1.165) is 16.7 Å². The van der Waals surface area contributed by atoms with Crippen LogP contribution in [0.15, 0.2) is 77.5 Å². The molecule has 9 nitrogen and oxygen atoms in total. The van der Waals surface area contributed by atoms with E-state index in [1.54, 1.807) is 36.7 Å². The first-order valence-corrected chi connectivity index (χ1v) is 10.4. The molecule has 0 aliphatic carbocycles. The third-order valence-corrected chi connectivity index (χ3v) is 5.33. The molecule has 0 saturated heterocycles. The molecular formula is C23H20BN5O4. The maximum atomic E-state index is 13.2. The lowest BCUT2D eigenvalue weighted by molar-refractivity contribution is -0.116. The number of hydrogen-bond donors (Lipinski definition) is 3. The Hall–Kier alpha value is -4.02. The van der Waals surface area contributed by atoms with Crippen molar-refractivity contribution >= 4 is 30.2 Å². The largest absolute Gasteiger partial charge is 0.491 e. The Morgan fingerprint density at radius 1 is 1.09 bits per heavy atom. The number of amides is 1. The summed E-state index contributed by atoms with van der Waals surface area (Å²) in [6.07, 6.45) is 3.67. The van der Waals surface area contributed by atoms with E-state index in [9.17, 15) is 9.82 Å². The van der Waals surface area contributed by atoms with Crippen molar-refractivity contribution in [3.63, 3.8) is 0 Å². The summed E-state index contributed by atoms with van der Waals surface area (Å²) in [5.41, 5.74) is 3.81. The van der Waals surface area contributed by atoms with Gasteiger partial charge in [0.25, 0.3) is 0 Å². The standard InChI is InChI=1S/C23H20BN5O4/c30-21(26-18-7-6-17-14-32-24(31)19(17)13-18)20(12-15-4-2-1-3-5-15)27-23-29-28-22(33-23)16-8-10-25-11-9-16/h1-11,13,20,31H,12,14H2,(H,26,30)(H,27,29)/t20-/m0/s1. The molecule has 10 heteroatoms. The minimum Gasteiger partial charge on any atom is -0.423 e. The van der Waals surface area contributed by atoms with E-state index in [1.165, 1.54) is 0 Å². The lowest BCUT2D eigenvalue weighted by Gasteiger charge is -2.18. The van der Waals surface area contributed by atoms with Crippen LogP contribution in [0.2, 0.25) is 0 Å².